The van der Waals surface area contributed by atoms with E-state index in [0.717, 1.165) is 31.5 Å². The Morgan fingerprint density at radius 2 is 1.19 bits per heavy atom. The number of alkyl halides is 1. The van der Waals surface area contributed by atoms with Crippen LogP contribution in [-0.4, -0.2) is 52.9 Å². The minimum atomic E-state index is -1.00. The van der Waals surface area contributed by atoms with E-state index in [4.69, 9.17) is 12.2 Å². The zero-order valence-electron chi connectivity index (χ0n) is 30.7. The summed E-state index contributed by atoms with van der Waals surface area (Å²) in [5, 5.41) is 12.0. The maximum Gasteiger partial charge on any atom is 0.337 e. The zero-order valence-corrected chi connectivity index (χ0v) is 32.9. The number of carbonyl (C=O) groups is 2. The van der Waals surface area contributed by atoms with Crippen molar-refractivity contribution in [2.45, 2.75) is 13.1 Å². The molecule has 1 amide bonds. The molecule has 0 bridgehead atoms. The lowest BCUT2D eigenvalue weighted by molar-refractivity contribution is 0.0698. The second-order valence-electron chi connectivity index (χ2n) is 11.7. The van der Waals surface area contributed by atoms with E-state index in [9.17, 15) is 22.8 Å². The normalized spacial score (nSPS) is 10.6. The molecule has 0 atom stereocenters. The third-order valence-corrected chi connectivity index (χ3v) is 8.96. The van der Waals surface area contributed by atoms with Crippen LogP contribution in [0.3, 0.4) is 0 Å². The van der Waals surface area contributed by atoms with Crippen LogP contribution < -0.4 is 11.1 Å². The van der Waals surface area contributed by atoms with Gasteiger partial charge in [-0.05, 0) is 140 Å². The molecule has 0 aliphatic heterocycles. The highest BCUT2D eigenvalue weighted by molar-refractivity contribution is 9.10. The van der Waals surface area contributed by atoms with E-state index < -0.39 is 13.1 Å². The second kappa shape index (κ2) is 20.1. The van der Waals surface area contributed by atoms with Gasteiger partial charge in [0, 0.05) is 49.0 Å². The van der Waals surface area contributed by atoms with Crippen LogP contribution in [0.1, 0.15) is 33.2 Å². The fourth-order valence-electron chi connectivity index (χ4n) is 5.44. The quantitative estimate of drug-likeness (QED) is 0.134. The number of carbonyl (C=O) groups excluding carboxylic acids is 1. The first kappa shape index (κ1) is 40.4. The molecule has 0 spiro atoms. The predicted molar refractivity (Wildman–Crippen MR) is 218 cm³/mol. The van der Waals surface area contributed by atoms with Gasteiger partial charge in [0.05, 0.1) is 43.1 Å². The second-order valence-corrected chi connectivity index (χ2v) is 13.3. The number of carboxylic acid groups (broad SMARTS) is 1. The molecule has 2 aromatic carbocycles. The van der Waals surface area contributed by atoms with Crippen molar-refractivity contribution in [3.05, 3.63) is 177 Å². The number of carboxylic acids is 1. The first-order valence-electron chi connectivity index (χ1n) is 17.4. The SMILES string of the molecule is NCc1ccnc(Br)c1.O=C(NCc1ccnc(Br)c1)c1cccn2c(-c3ccc(F)cc3)ncc12.O=C(O)c1cccn2c(-c3ccc(F)cc3)ncc12.[2H]CF. The number of hydrogen-bond donors (Lipinski definition) is 3. The fraction of sp³-hybridized carbons (Fsp3) is 0.0732. The highest BCUT2D eigenvalue weighted by atomic mass is 79.9. The lowest BCUT2D eigenvalue weighted by Crippen LogP contribution is -2.23. The molecular formula is C41H33Br2F3N8O3. The van der Waals surface area contributed by atoms with Crippen molar-refractivity contribution in [2.24, 2.45) is 5.73 Å². The number of fused-ring (bicyclic) bond motifs is 2. The third-order valence-electron chi connectivity index (χ3n) is 8.09. The van der Waals surface area contributed by atoms with Crippen molar-refractivity contribution in [1.82, 2.24) is 34.1 Å². The molecule has 0 saturated heterocycles. The molecule has 0 aliphatic rings. The topological polar surface area (TPSA) is 153 Å². The molecule has 6 aromatic heterocycles. The van der Waals surface area contributed by atoms with Gasteiger partial charge in [-0.2, -0.15) is 0 Å². The maximum atomic E-state index is 13.2. The minimum absolute atomic E-state index is 0.184. The van der Waals surface area contributed by atoms with Crippen molar-refractivity contribution in [3.8, 4) is 22.8 Å². The standard InChI is InChI=1S/C20H14BrFN4O.C14H9FN2O2.C6H7BrN2.CH3F/c21-18-10-13(7-8-23-18)11-25-20(27)16-2-1-9-26-17(16)12-24-19(26)14-3-5-15(22)6-4-14;15-10-5-3-9(4-6-10)13-16-8-12-11(14(18)19)2-1-7-17(12)13;7-6-3-5(4-8)1-2-9-6;1-2/h1-10,12H,11H2,(H,25,27);1-8H,(H,18,19);1-3H,4,8H2;1H3/i;;;1D. The summed E-state index contributed by atoms with van der Waals surface area (Å²) in [5.74, 6) is -0.593. The van der Waals surface area contributed by atoms with E-state index in [1.54, 1.807) is 71.7 Å². The molecule has 290 valence electrons. The van der Waals surface area contributed by atoms with Gasteiger partial charge >= 0.3 is 5.97 Å². The van der Waals surface area contributed by atoms with Gasteiger partial charge in [0.25, 0.3) is 5.91 Å². The van der Waals surface area contributed by atoms with Gasteiger partial charge in [0.1, 0.15) is 32.5 Å². The third kappa shape index (κ3) is 10.8. The molecule has 4 N–H and O–H groups in total. The number of hydrogen-bond acceptors (Lipinski definition) is 7. The predicted octanol–water partition coefficient (Wildman–Crippen LogP) is 8.96. The highest BCUT2D eigenvalue weighted by Gasteiger charge is 2.15. The summed E-state index contributed by atoms with van der Waals surface area (Å²) >= 11 is 6.55. The van der Waals surface area contributed by atoms with E-state index in [-0.39, 0.29) is 23.1 Å². The van der Waals surface area contributed by atoms with Crippen molar-refractivity contribution in [2.75, 3.05) is 7.15 Å². The molecule has 8 rings (SSSR count). The number of rotatable bonds is 7. The number of nitrogens with zero attached hydrogens (tertiary/aromatic N) is 6. The number of amides is 1. The number of pyridine rings is 4. The summed E-state index contributed by atoms with van der Waals surface area (Å²) in [6.07, 6.45) is 10.1. The Morgan fingerprint density at radius 1 is 0.737 bits per heavy atom. The Hall–Kier alpha value is -6.23. The smallest absolute Gasteiger partial charge is 0.337 e. The number of nitrogens with one attached hydrogen (secondary N) is 1. The summed E-state index contributed by atoms with van der Waals surface area (Å²) in [6.45, 7) is 0.959. The summed E-state index contributed by atoms with van der Waals surface area (Å²) in [7, 11) is -1.00. The van der Waals surface area contributed by atoms with Gasteiger partial charge in [-0.25, -0.2) is 33.5 Å². The molecule has 6 heterocycles. The molecule has 0 radical (unpaired) electrons. The van der Waals surface area contributed by atoms with Crippen LogP contribution in [0.15, 0.2) is 143 Å². The van der Waals surface area contributed by atoms with Crippen LogP contribution in [0.5, 0.6) is 0 Å². The van der Waals surface area contributed by atoms with E-state index in [2.05, 4.69) is 57.1 Å². The van der Waals surface area contributed by atoms with Crippen molar-refractivity contribution >= 4 is 54.8 Å². The van der Waals surface area contributed by atoms with Gasteiger partial charge < -0.3 is 16.2 Å². The van der Waals surface area contributed by atoms with E-state index in [0.29, 0.717) is 41.3 Å². The summed E-state index contributed by atoms with van der Waals surface area (Å²) in [6, 6.07) is 26.2. The molecule has 8 aromatic rings. The van der Waals surface area contributed by atoms with Gasteiger partial charge in [-0.15, -0.1) is 0 Å². The number of aromatic carboxylic acids is 1. The molecule has 0 aliphatic carbocycles. The Labute approximate surface area is 342 Å². The van der Waals surface area contributed by atoms with Crippen LogP contribution >= 0.6 is 31.9 Å². The van der Waals surface area contributed by atoms with E-state index in [1.165, 1.54) is 36.5 Å². The Bertz CT molecular complexity index is 2630. The molecule has 16 heteroatoms. The summed E-state index contributed by atoms with van der Waals surface area (Å²) in [5.41, 5.74) is 10.8. The molecule has 57 heavy (non-hydrogen) atoms. The van der Waals surface area contributed by atoms with Crippen LogP contribution in [0.25, 0.3) is 33.8 Å². The van der Waals surface area contributed by atoms with Gasteiger partial charge in [0.2, 0.25) is 0 Å². The lowest BCUT2D eigenvalue weighted by Gasteiger charge is -2.08. The Balaban J connectivity index is 0.000000178. The minimum Gasteiger partial charge on any atom is -0.478 e. The Kier molecular flexibility index (Phi) is 14.2. The largest absolute Gasteiger partial charge is 0.478 e. The van der Waals surface area contributed by atoms with E-state index >= 15 is 0 Å². The maximum absolute atomic E-state index is 13.2. The molecule has 0 fully saturated rings. The van der Waals surface area contributed by atoms with Gasteiger partial charge in [0.15, 0.2) is 0 Å². The number of nitrogens with two attached hydrogens (primary N) is 1. The average molecular weight is 904 g/mol. The van der Waals surface area contributed by atoms with Crippen molar-refractivity contribution in [1.29, 1.82) is 0 Å². The summed E-state index contributed by atoms with van der Waals surface area (Å²) in [4.78, 5) is 40.4. The fourth-order valence-corrected chi connectivity index (χ4v) is 6.27. The van der Waals surface area contributed by atoms with Crippen molar-refractivity contribution in [3.63, 3.8) is 0 Å². The highest BCUT2D eigenvalue weighted by Crippen LogP contribution is 2.24. The van der Waals surface area contributed by atoms with Crippen molar-refractivity contribution < 1.29 is 29.2 Å². The number of aromatic nitrogens is 6. The Morgan fingerprint density at radius 3 is 1.65 bits per heavy atom. The number of halogens is 5. The molecule has 0 saturated carbocycles. The van der Waals surface area contributed by atoms with Crippen LogP contribution in [0.4, 0.5) is 13.2 Å². The van der Waals surface area contributed by atoms with E-state index in [1.807, 2.05) is 34.9 Å². The van der Waals surface area contributed by atoms with Gasteiger partial charge in [-0.1, -0.05) is 0 Å². The first-order chi connectivity index (χ1) is 28.0. The average Bonchev–Trinajstić information content (AvgIpc) is 3.87. The van der Waals surface area contributed by atoms with Crippen LogP contribution in [0, 0.1) is 11.6 Å². The summed E-state index contributed by atoms with van der Waals surface area (Å²) < 4.78 is 46.6. The van der Waals surface area contributed by atoms with Crippen LogP contribution in [0.2, 0.25) is 0 Å². The molecule has 11 nitrogen and oxygen atoms in total. The number of imidazole rings is 2. The monoisotopic (exact) mass is 901 g/mol. The van der Waals surface area contributed by atoms with Gasteiger partial charge in [-0.3, -0.25) is 18.0 Å². The van der Waals surface area contributed by atoms with Crippen LogP contribution in [-0.2, 0) is 13.1 Å². The lowest BCUT2D eigenvalue weighted by atomic mass is 10.2. The first-order valence-corrected chi connectivity index (χ1v) is 18.3. The zero-order chi connectivity index (χ0) is 41.6. The molecular weight excluding hydrogens is 869 g/mol. The molecule has 0 unspecified atom stereocenters. The number of benzene rings is 2.